The van der Waals surface area contributed by atoms with Crippen molar-refractivity contribution >= 4 is 17.6 Å². The number of aryl methyl sites for hydroxylation is 1. The van der Waals surface area contributed by atoms with Crippen molar-refractivity contribution in [3.8, 4) is 5.69 Å². The number of carboxylic acid groups (broad SMARTS) is 1. The normalized spacial score (nSPS) is 11.0. The highest BCUT2D eigenvalue weighted by atomic mass is 35.5. The summed E-state index contributed by atoms with van der Waals surface area (Å²) in [4.78, 5) is 19.5. The van der Waals surface area contributed by atoms with Gasteiger partial charge in [0.1, 0.15) is 11.5 Å². The molecule has 7 heteroatoms. The largest absolute Gasteiger partial charge is 0.476 e. The number of aromatic carboxylic acids is 1. The molecule has 0 aliphatic rings. The van der Waals surface area contributed by atoms with E-state index in [1.54, 1.807) is 6.92 Å². The number of aromatic nitrogens is 4. The molecule has 0 aromatic carbocycles. The molecular formula is C12H13ClN4O2. The average molecular weight is 281 g/mol. The number of carbonyl (C=O) groups is 1. The number of carboxylic acids is 1. The Morgan fingerprint density at radius 1 is 1.47 bits per heavy atom. The van der Waals surface area contributed by atoms with Crippen LogP contribution in [0.5, 0.6) is 0 Å². The molecule has 0 saturated carbocycles. The molecule has 0 spiro atoms. The standard InChI is InChI=1S/C12H13ClN4O2/c1-6(2)11-14-4-9(10(15-11)12(18)19)17-5-8(13)7(3)16-17/h4-6H,1-3H3,(H,18,19). The smallest absolute Gasteiger partial charge is 0.356 e. The first-order valence-electron chi connectivity index (χ1n) is 5.72. The second-order valence-electron chi connectivity index (χ2n) is 4.43. The van der Waals surface area contributed by atoms with Crippen molar-refractivity contribution in [1.82, 2.24) is 19.7 Å². The molecule has 0 radical (unpaired) electrons. The Morgan fingerprint density at radius 3 is 2.63 bits per heavy atom. The zero-order chi connectivity index (χ0) is 14.2. The minimum Gasteiger partial charge on any atom is -0.476 e. The zero-order valence-electron chi connectivity index (χ0n) is 10.8. The Kier molecular flexibility index (Phi) is 3.53. The second-order valence-corrected chi connectivity index (χ2v) is 4.84. The molecule has 2 rings (SSSR count). The zero-order valence-corrected chi connectivity index (χ0v) is 11.5. The van der Waals surface area contributed by atoms with Crippen LogP contribution in [-0.2, 0) is 0 Å². The Morgan fingerprint density at radius 2 is 2.16 bits per heavy atom. The van der Waals surface area contributed by atoms with Gasteiger partial charge in [0.2, 0.25) is 0 Å². The van der Waals surface area contributed by atoms with Gasteiger partial charge in [-0.2, -0.15) is 5.10 Å². The Bertz CT molecular complexity index is 617. The maximum Gasteiger partial charge on any atom is 0.356 e. The van der Waals surface area contributed by atoms with Crippen LogP contribution in [-0.4, -0.2) is 30.8 Å². The Balaban J connectivity index is 2.59. The van der Waals surface area contributed by atoms with Crippen molar-refractivity contribution in [3.63, 3.8) is 0 Å². The highest BCUT2D eigenvalue weighted by Crippen LogP contribution is 2.19. The monoisotopic (exact) mass is 280 g/mol. The summed E-state index contributed by atoms with van der Waals surface area (Å²) in [6.45, 7) is 5.54. The summed E-state index contributed by atoms with van der Waals surface area (Å²) >= 11 is 5.92. The van der Waals surface area contributed by atoms with Gasteiger partial charge in [0.25, 0.3) is 0 Å². The van der Waals surface area contributed by atoms with Crippen molar-refractivity contribution < 1.29 is 9.90 Å². The Labute approximate surface area is 115 Å². The summed E-state index contributed by atoms with van der Waals surface area (Å²) in [5.74, 6) is -0.588. The molecule has 1 N–H and O–H groups in total. The molecule has 0 saturated heterocycles. The van der Waals surface area contributed by atoms with Gasteiger partial charge < -0.3 is 5.11 Å². The maximum atomic E-state index is 11.3. The molecule has 2 heterocycles. The lowest BCUT2D eigenvalue weighted by Gasteiger charge is -2.08. The number of hydrogen-bond acceptors (Lipinski definition) is 4. The van der Waals surface area contributed by atoms with E-state index < -0.39 is 5.97 Å². The molecule has 0 amide bonds. The fourth-order valence-corrected chi connectivity index (χ4v) is 1.68. The van der Waals surface area contributed by atoms with Crippen molar-refractivity contribution in [2.45, 2.75) is 26.7 Å². The summed E-state index contributed by atoms with van der Waals surface area (Å²) in [6.07, 6.45) is 2.99. The highest BCUT2D eigenvalue weighted by molar-refractivity contribution is 6.31. The van der Waals surface area contributed by atoms with Crippen LogP contribution in [0.3, 0.4) is 0 Å². The van der Waals surface area contributed by atoms with Crippen LogP contribution in [0.2, 0.25) is 5.02 Å². The molecule has 0 aliphatic carbocycles. The van der Waals surface area contributed by atoms with E-state index in [0.717, 1.165) is 0 Å². The highest BCUT2D eigenvalue weighted by Gasteiger charge is 2.18. The summed E-state index contributed by atoms with van der Waals surface area (Å²) in [5.41, 5.74) is 0.829. The number of rotatable bonds is 3. The average Bonchev–Trinajstić information content (AvgIpc) is 2.68. The van der Waals surface area contributed by atoms with E-state index in [1.807, 2.05) is 13.8 Å². The summed E-state index contributed by atoms with van der Waals surface area (Å²) in [7, 11) is 0. The first-order valence-corrected chi connectivity index (χ1v) is 6.10. The first-order chi connectivity index (χ1) is 8.90. The molecule has 0 bridgehead atoms. The first kappa shape index (κ1) is 13.5. The third kappa shape index (κ3) is 2.58. The predicted molar refractivity (Wildman–Crippen MR) is 69.9 cm³/mol. The van der Waals surface area contributed by atoms with E-state index in [-0.39, 0.29) is 11.6 Å². The predicted octanol–water partition coefficient (Wildman–Crippen LogP) is 2.45. The molecule has 6 nitrogen and oxygen atoms in total. The van der Waals surface area contributed by atoms with Gasteiger partial charge >= 0.3 is 5.97 Å². The molecule has 0 atom stereocenters. The van der Waals surface area contributed by atoms with Crippen LogP contribution in [0.25, 0.3) is 5.69 Å². The number of hydrogen-bond donors (Lipinski definition) is 1. The van der Waals surface area contributed by atoms with Crippen LogP contribution in [0.1, 0.15) is 41.8 Å². The van der Waals surface area contributed by atoms with Crippen LogP contribution < -0.4 is 0 Å². The molecule has 2 aromatic rings. The quantitative estimate of drug-likeness (QED) is 0.934. The lowest BCUT2D eigenvalue weighted by atomic mass is 10.2. The number of halogens is 1. The van der Waals surface area contributed by atoms with Gasteiger partial charge in [-0.3, -0.25) is 0 Å². The second kappa shape index (κ2) is 4.97. The summed E-state index contributed by atoms with van der Waals surface area (Å²) in [6, 6.07) is 0. The van der Waals surface area contributed by atoms with Gasteiger partial charge in [0.15, 0.2) is 5.69 Å². The van der Waals surface area contributed by atoms with Crippen LogP contribution >= 0.6 is 11.6 Å². The molecule has 19 heavy (non-hydrogen) atoms. The molecule has 2 aromatic heterocycles. The van der Waals surface area contributed by atoms with Crippen LogP contribution in [0.4, 0.5) is 0 Å². The van der Waals surface area contributed by atoms with E-state index >= 15 is 0 Å². The lowest BCUT2D eigenvalue weighted by Crippen LogP contribution is -2.12. The molecule has 0 unspecified atom stereocenters. The molecule has 100 valence electrons. The van der Waals surface area contributed by atoms with Crippen molar-refractivity contribution in [2.75, 3.05) is 0 Å². The van der Waals surface area contributed by atoms with Crippen molar-refractivity contribution in [3.05, 3.63) is 34.6 Å². The van der Waals surface area contributed by atoms with Gasteiger partial charge in [-0.25, -0.2) is 19.4 Å². The third-order valence-corrected chi connectivity index (χ3v) is 2.96. The maximum absolute atomic E-state index is 11.3. The van der Waals surface area contributed by atoms with Gasteiger partial charge in [-0.1, -0.05) is 25.4 Å². The fraction of sp³-hybridized carbons (Fsp3) is 0.333. The van der Waals surface area contributed by atoms with E-state index in [9.17, 15) is 9.90 Å². The topological polar surface area (TPSA) is 80.9 Å². The minimum absolute atomic E-state index is 0.0510. The van der Waals surface area contributed by atoms with Crippen LogP contribution in [0, 0.1) is 6.92 Å². The van der Waals surface area contributed by atoms with Crippen molar-refractivity contribution in [2.24, 2.45) is 0 Å². The Hall–Kier alpha value is -1.95. The summed E-state index contributed by atoms with van der Waals surface area (Å²) < 4.78 is 1.38. The van der Waals surface area contributed by atoms with Crippen LogP contribution in [0.15, 0.2) is 12.4 Å². The van der Waals surface area contributed by atoms with Gasteiger partial charge in [0, 0.05) is 12.1 Å². The SMILES string of the molecule is Cc1nn(-c2cnc(C(C)C)nc2C(=O)O)cc1Cl. The van der Waals surface area contributed by atoms with Gasteiger partial charge in [0.05, 0.1) is 16.9 Å². The van der Waals surface area contributed by atoms with Gasteiger partial charge in [-0.05, 0) is 6.92 Å². The minimum atomic E-state index is -1.12. The third-order valence-electron chi connectivity index (χ3n) is 2.59. The van der Waals surface area contributed by atoms with E-state index in [1.165, 1.54) is 17.1 Å². The van der Waals surface area contributed by atoms with Gasteiger partial charge in [-0.15, -0.1) is 0 Å². The fourth-order valence-electron chi connectivity index (χ4n) is 1.55. The van der Waals surface area contributed by atoms with E-state index in [0.29, 0.717) is 22.2 Å². The lowest BCUT2D eigenvalue weighted by molar-refractivity contribution is 0.0689. The molecule has 0 fully saturated rings. The summed E-state index contributed by atoms with van der Waals surface area (Å²) in [5, 5.41) is 13.8. The van der Waals surface area contributed by atoms with E-state index in [4.69, 9.17) is 11.6 Å². The van der Waals surface area contributed by atoms with Crippen molar-refractivity contribution in [1.29, 1.82) is 0 Å². The van der Waals surface area contributed by atoms with E-state index in [2.05, 4.69) is 15.1 Å². The number of nitrogens with zero attached hydrogens (tertiary/aromatic N) is 4. The molecular weight excluding hydrogens is 268 g/mol. The molecule has 0 aliphatic heterocycles.